The number of anilines is 2. The molecule has 0 radical (unpaired) electrons. The molecule has 2 aliphatic rings. The van der Waals surface area contributed by atoms with Gasteiger partial charge in [0, 0.05) is 53.4 Å². The highest BCUT2D eigenvalue weighted by atomic mass is 35.5. The molecular weight excluding hydrogens is 845 g/mol. The van der Waals surface area contributed by atoms with Crippen LogP contribution in [0.1, 0.15) is 45.7 Å². The molecule has 2 saturated heterocycles. The summed E-state index contributed by atoms with van der Waals surface area (Å²) < 4.78 is 39.9. The lowest BCUT2D eigenvalue weighted by Crippen LogP contribution is -2.35. The van der Waals surface area contributed by atoms with Crippen molar-refractivity contribution in [2.24, 2.45) is 0 Å². The number of nitrogens with two attached hydrogens (primary N) is 2. The van der Waals surface area contributed by atoms with Crippen LogP contribution in [0.2, 0.25) is 10.0 Å². The summed E-state index contributed by atoms with van der Waals surface area (Å²) in [6, 6.07) is 13.2. The largest absolute Gasteiger partial charge is 0.478 e. The van der Waals surface area contributed by atoms with Gasteiger partial charge in [-0.1, -0.05) is 60.6 Å². The highest BCUT2D eigenvalue weighted by molar-refractivity contribution is 6.31. The van der Waals surface area contributed by atoms with Crippen LogP contribution in [0, 0.1) is 11.9 Å². The van der Waals surface area contributed by atoms with E-state index in [1.165, 1.54) is 27.9 Å². The van der Waals surface area contributed by atoms with E-state index in [9.17, 15) is 14.4 Å². The fourth-order valence-electron chi connectivity index (χ4n) is 7.41. The first-order chi connectivity index (χ1) is 29.4. The molecule has 2 aliphatic heterocycles. The number of benzene rings is 2. The van der Waals surface area contributed by atoms with Gasteiger partial charge in [-0.3, -0.25) is 13.9 Å². The highest BCUT2D eigenvalue weighted by Crippen LogP contribution is 2.41. The van der Waals surface area contributed by atoms with Gasteiger partial charge in [-0.2, -0.15) is 8.78 Å². The Labute approximate surface area is 365 Å². The number of fused-ring (bicyclic) bond motifs is 2. The molecule has 2 aromatic carbocycles. The summed E-state index contributed by atoms with van der Waals surface area (Å²) in [7, 11) is 0. The van der Waals surface area contributed by atoms with Gasteiger partial charge in [-0.25, -0.2) is 29.5 Å². The number of hydrogen-bond acceptors (Lipinski definition) is 10. The van der Waals surface area contributed by atoms with E-state index in [4.69, 9.17) is 44.5 Å². The lowest BCUT2D eigenvalue weighted by Gasteiger charge is -2.24. The summed E-state index contributed by atoms with van der Waals surface area (Å²) in [4.78, 5) is 53.5. The Morgan fingerprint density at radius 2 is 1.15 bits per heavy atom. The van der Waals surface area contributed by atoms with Crippen LogP contribution in [0.25, 0.3) is 44.3 Å². The fraction of sp³-hybridized carbons (Fsp3) is 0.279. The predicted molar refractivity (Wildman–Crippen MR) is 234 cm³/mol. The molecule has 0 spiro atoms. The summed E-state index contributed by atoms with van der Waals surface area (Å²) in [5.74, 6) is -1.65. The van der Waals surface area contributed by atoms with Gasteiger partial charge in [-0.05, 0) is 75.1 Å². The van der Waals surface area contributed by atoms with Crippen LogP contribution in [0.15, 0.2) is 86.5 Å². The predicted octanol–water partition coefficient (Wildman–Crippen LogP) is 8.34. The third-order valence-corrected chi connectivity index (χ3v) is 10.6. The van der Waals surface area contributed by atoms with Crippen molar-refractivity contribution in [3.05, 3.63) is 108 Å². The first-order valence-electron chi connectivity index (χ1n) is 19.3. The van der Waals surface area contributed by atoms with Crippen molar-refractivity contribution in [1.82, 2.24) is 38.9 Å². The summed E-state index contributed by atoms with van der Waals surface area (Å²) in [5, 5.41) is 9.63. The zero-order chi connectivity index (χ0) is 45.0. The van der Waals surface area contributed by atoms with Gasteiger partial charge in [0.2, 0.25) is 17.8 Å². The molecule has 5 N–H and O–H groups in total. The first kappa shape index (κ1) is 44.9. The van der Waals surface area contributed by atoms with E-state index in [2.05, 4.69) is 33.1 Å². The molecule has 4 aromatic heterocycles. The van der Waals surface area contributed by atoms with Crippen LogP contribution >= 0.6 is 23.2 Å². The standard InChI is InChI=1S/C21H23ClFN5O2.C19H17ClFN5O.C3H4O2/c1-21(2,3)30-20(29)27-9-8-14(10-27)28-17(23)15(12-4-6-13(22)7-5-12)16-18(24)25-11-26-19(16)28;1-2-14(27)25-8-7-13(9-25)26-17(21)15(11-3-5-12(20)6-4-11)16-18(22)23-10-24-19(16)26;1-2-3(4)5/h4-7,11,14H,8-10H2,1-3H3,(H2,24,25,26);2-6,10,13H,1,7-9H2,(H2,22,23,24);2H,1H2,(H,4,5)/t14-;13-;/m11./s1. The number of carbonyl (C=O) groups excluding carboxylic acids is 2. The van der Waals surface area contributed by atoms with Crippen molar-refractivity contribution in [2.75, 3.05) is 37.6 Å². The van der Waals surface area contributed by atoms with Crippen LogP contribution in [0.3, 0.4) is 0 Å². The zero-order valence-corrected chi connectivity index (χ0v) is 35.6. The molecule has 0 aliphatic carbocycles. The number of rotatable bonds is 6. The molecule has 0 unspecified atom stereocenters. The van der Waals surface area contributed by atoms with E-state index >= 15 is 8.78 Å². The Balaban J connectivity index is 0.000000187. The van der Waals surface area contributed by atoms with Gasteiger partial charge in [0.25, 0.3) is 0 Å². The molecule has 6 heterocycles. The molecule has 2 atom stereocenters. The van der Waals surface area contributed by atoms with Crippen molar-refractivity contribution in [3.8, 4) is 22.3 Å². The van der Waals surface area contributed by atoms with Crippen molar-refractivity contribution in [1.29, 1.82) is 0 Å². The number of aliphatic carboxylic acids is 1. The molecule has 8 rings (SSSR count). The number of nitrogen functional groups attached to an aromatic ring is 2. The fourth-order valence-corrected chi connectivity index (χ4v) is 7.66. The molecule has 15 nitrogen and oxygen atoms in total. The summed E-state index contributed by atoms with van der Waals surface area (Å²) in [5.41, 5.74) is 14.3. The minimum Gasteiger partial charge on any atom is -0.478 e. The number of nitrogens with zero attached hydrogens (tertiary/aromatic N) is 8. The van der Waals surface area contributed by atoms with Crippen LogP contribution in [0.4, 0.5) is 25.2 Å². The lowest BCUT2D eigenvalue weighted by molar-refractivity contribution is -0.131. The van der Waals surface area contributed by atoms with Crippen LogP contribution < -0.4 is 11.5 Å². The van der Waals surface area contributed by atoms with Gasteiger partial charge >= 0.3 is 12.1 Å². The monoisotopic (exact) mass is 888 g/mol. The molecule has 19 heteroatoms. The topological polar surface area (TPSA) is 201 Å². The summed E-state index contributed by atoms with van der Waals surface area (Å²) in [6.07, 6.45) is 5.52. The van der Waals surface area contributed by atoms with Crippen molar-refractivity contribution >= 4 is 74.9 Å². The van der Waals surface area contributed by atoms with Crippen molar-refractivity contribution < 1.29 is 33.0 Å². The molecule has 2 amide bonds. The average Bonchev–Trinajstić information content (AvgIpc) is 4.03. The smallest absolute Gasteiger partial charge is 0.410 e. The van der Waals surface area contributed by atoms with Crippen LogP contribution in [-0.4, -0.2) is 93.7 Å². The number of carboxylic acids is 1. The normalized spacial score (nSPS) is 16.0. The maximum absolute atomic E-state index is 15.8. The number of likely N-dealkylation sites (tertiary alicyclic amines) is 2. The van der Waals surface area contributed by atoms with Crippen LogP contribution in [0.5, 0.6) is 0 Å². The second kappa shape index (κ2) is 18.6. The van der Waals surface area contributed by atoms with Gasteiger partial charge in [-0.15, -0.1) is 0 Å². The second-order valence-corrected chi connectivity index (χ2v) is 16.2. The Morgan fingerprint density at radius 1 is 0.742 bits per heavy atom. The Hall–Kier alpha value is -6.59. The van der Waals surface area contributed by atoms with Gasteiger partial charge < -0.3 is 31.1 Å². The highest BCUT2D eigenvalue weighted by Gasteiger charge is 2.35. The minimum absolute atomic E-state index is 0.165. The van der Waals surface area contributed by atoms with E-state index in [0.29, 0.717) is 93.4 Å². The maximum Gasteiger partial charge on any atom is 0.410 e. The number of hydrogen-bond donors (Lipinski definition) is 3. The lowest BCUT2D eigenvalue weighted by atomic mass is 10.1. The van der Waals surface area contributed by atoms with Gasteiger partial charge in [0.1, 0.15) is 41.2 Å². The molecule has 62 heavy (non-hydrogen) atoms. The van der Waals surface area contributed by atoms with Gasteiger partial charge in [0.15, 0.2) is 0 Å². The molecule has 0 saturated carbocycles. The third kappa shape index (κ3) is 9.48. The average molecular weight is 890 g/mol. The Kier molecular flexibility index (Phi) is 13.5. The molecule has 6 aromatic rings. The van der Waals surface area contributed by atoms with E-state index in [0.717, 1.165) is 6.08 Å². The number of halogens is 4. The number of carbonyl (C=O) groups is 3. The Morgan fingerprint density at radius 3 is 1.53 bits per heavy atom. The van der Waals surface area contributed by atoms with Crippen molar-refractivity contribution in [3.63, 3.8) is 0 Å². The minimum atomic E-state index is -0.981. The van der Waals surface area contributed by atoms with Crippen molar-refractivity contribution in [2.45, 2.75) is 51.3 Å². The molecular formula is C43H44Cl2F2N10O5. The van der Waals surface area contributed by atoms with E-state index in [-0.39, 0.29) is 29.6 Å². The molecule has 2 fully saturated rings. The maximum atomic E-state index is 15.8. The number of aromatic nitrogens is 6. The summed E-state index contributed by atoms with van der Waals surface area (Å²) in [6.45, 7) is 13.6. The zero-order valence-electron chi connectivity index (χ0n) is 34.1. The molecule has 324 valence electrons. The quantitative estimate of drug-likeness (QED) is 0.136. The van der Waals surface area contributed by atoms with E-state index < -0.39 is 29.6 Å². The number of amides is 2. The van der Waals surface area contributed by atoms with Crippen LogP contribution in [-0.2, 0) is 14.3 Å². The first-order valence-corrected chi connectivity index (χ1v) is 20.1. The summed E-state index contributed by atoms with van der Waals surface area (Å²) >= 11 is 12.0. The van der Waals surface area contributed by atoms with Gasteiger partial charge in [0.05, 0.1) is 22.9 Å². The number of carboxylic acid groups (broad SMARTS) is 1. The molecule has 0 bridgehead atoms. The number of ether oxygens (including phenoxy) is 1. The second-order valence-electron chi connectivity index (χ2n) is 15.3. The van der Waals surface area contributed by atoms with E-state index in [1.54, 1.807) is 58.3 Å². The Bertz CT molecular complexity index is 2660. The van der Waals surface area contributed by atoms with E-state index in [1.807, 2.05) is 20.8 Å². The third-order valence-electron chi connectivity index (χ3n) is 10.1. The SMILES string of the molecule is C=CC(=O)N1CC[C@@H](n2c(F)c(-c3ccc(Cl)cc3)c3c(N)ncnc32)C1.C=CC(=O)O.CC(C)(C)OC(=O)N1CC[C@@H](n2c(F)c(-c3ccc(Cl)cc3)c3c(N)ncnc32)C1.